The molecule has 0 aliphatic carbocycles. The van der Waals surface area contributed by atoms with Gasteiger partial charge in [0.1, 0.15) is 11.4 Å². The minimum absolute atomic E-state index is 0.196. The third kappa shape index (κ3) is 1.15. The van der Waals surface area contributed by atoms with Gasteiger partial charge in [-0.2, -0.15) is 0 Å². The van der Waals surface area contributed by atoms with Crippen LogP contribution in [-0.2, 0) is 0 Å². The van der Waals surface area contributed by atoms with Crippen molar-refractivity contribution in [1.82, 2.24) is 10.1 Å². The highest BCUT2D eigenvalue weighted by atomic mass is 16.5. The number of aromatic amines is 1. The number of hydrogen-bond acceptors (Lipinski definition) is 4. The Kier molecular flexibility index (Phi) is 1.67. The van der Waals surface area contributed by atoms with E-state index in [1.54, 1.807) is 12.1 Å². The van der Waals surface area contributed by atoms with E-state index in [0.717, 1.165) is 5.39 Å². The first-order chi connectivity index (χ1) is 7.75. The molecule has 2 heterocycles. The van der Waals surface area contributed by atoms with E-state index in [2.05, 4.69) is 10.1 Å². The maximum atomic E-state index is 9.64. The van der Waals surface area contributed by atoms with Crippen LogP contribution in [0.3, 0.4) is 0 Å². The van der Waals surface area contributed by atoms with E-state index in [1.165, 1.54) is 6.20 Å². The van der Waals surface area contributed by atoms with Gasteiger partial charge in [-0.3, -0.25) is 0 Å². The highest BCUT2D eigenvalue weighted by Crippen LogP contribution is 2.31. The number of nitrogens with two attached hydrogens (primary N) is 1. The molecule has 0 aliphatic rings. The minimum atomic E-state index is 0.196. The number of fused-ring (bicyclic) bond motifs is 1. The summed E-state index contributed by atoms with van der Waals surface area (Å²) >= 11 is 0. The lowest BCUT2D eigenvalue weighted by Gasteiger charge is -1.93. The Morgan fingerprint density at radius 2 is 2.25 bits per heavy atom. The molecule has 4 N–H and O–H groups in total. The number of aromatic nitrogens is 2. The van der Waals surface area contributed by atoms with Crippen LogP contribution in [0.5, 0.6) is 5.75 Å². The second kappa shape index (κ2) is 3.03. The number of anilines is 1. The molecule has 0 amide bonds. The van der Waals surface area contributed by atoms with Crippen LogP contribution in [0.2, 0.25) is 0 Å². The summed E-state index contributed by atoms with van der Waals surface area (Å²) in [5.41, 5.74) is 7.52. The molecule has 0 saturated heterocycles. The number of H-pyrrole nitrogens is 1. The normalized spacial score (nSPS) is 11.0. The molecule has 0 unspecified atom stereocenters. The van der Waals surface area contributed by atoms with E-state index in [9.17, 15) is 5.11 Å². The number of phenolic OH excluding ortho intramolecular Hbond substituents is 1. The van der Waals surface area contributed by atoms with Crippen molar-refractivity contribution < 1.29 is 9.63 Å². The topological polar surface area (TPSA) is 88.1 Å². The SMILES string of the molecule is Nc1cnoc1-c1cc2cccc(O)c2[nH]1. The van der Waals surface area contributed by atoms with Gasteiger partial charge in [-0.15, -0.1) is 0 Å². The maximum absolute atomic E-state index is 9.64. The highest BCUT2D eigenvalue weighted by molar-refractivity contribution is 5.90. The second-order valence-corrected chi connectivity index (χ2v) is 3.53. The first-order valence-corrected chi connectivity index (χ1v) is 4.77. The van der Waals surface area contributed by atoms with Crippen LogP contribution in [-0.4, -0.2) is 15.2 Å². The Morgan fingerprint density at radius 1 is 1.38 bits per heavy atom. The Morgan fingerprint density at radius 3 is 2.94 bits per heavy atom. The van der Waals surface area contributed by atoms with Crippen molar-refractivity contribution in [3.63, 3.8) is 0 Å². The largest absolute Gasteiger partial charge is 0.506 e. The molecule has 5 heteroatoms. The van der Waals surface area contributed by atoms with Crippen molar-refractivity contribution in [3.8, 4) is 17.2 Å². The molecule has 3 aromatic rings. The molecule has 0 saturated carbocycles. The number of phenols is 1. The van der Waals surface area contributed by atoms with Gasteiger partial charge in [0.05, 0.1) is 17.4 Å². The molecule has 80 valence electrons. The number of rotatable bonds is 1. The Labute approximate surface area is 90.5 Å². The predicted molar refractivity (Wildman–Crippen MR) is 59.9 cm³/mol. The molecular weight excluding hydrogens is 206 g/mol. The number of hydrogen-bond donors (Lipinski definition) is 3. The van der Waals surface area contributed by atoms with E-state index >= 15 is 0 Å². The number of aromatic hydroxyl groups is 1. The molecule has 0 radical (unpaired) electrons. The molecule has 0 bridgehead atoms. The van der Waals surface area contributed by atoms with E-state index in [4.69, 9.17) is 10.3 Å². The van der Waals surface area contributed by atoms with Crippen molar-refractivity contribution in [2.45, 2.75) is 0 Å². The zero-order chi connectivity index (χ0) is 11.1. The summed E-state index contributed by atoms with van der Waals surface area (Å²) in [6, 6.07) is 7.14. The summed E-state index contributed by atoms with van der Waals surface area (Å²) in [7, 11) is 0. The lowest BCUT2D eigenvalue weighted by molar-refractivity contribution is 0.431. The van der Waals surface area contributed by atoms with Gasteiger partial charge < -0.3 is 20.3 Å². The molecule has 0 fully saturated rings. The van der Waals surface area contributed by atoms with Gasteiger partial charge in [0.15, 0.2) is 0 Å². The number of nitrogens with zero attached hydrogens (tertiary/aromatic N) is 1. The molecule has 0 atom stereocenters. The second-order valence-electron chi connectivity index (χ2n) is 3.53. The fourth-order valence-corrected chi connectivity index (χ4v) is 1.71. The third-order valence-corrected chi connectivity index (χ3v) is 2.48. The number of nitrogen functional groups attached to an aromatic ring is 1. The summed E-state index contributed by atoms with van der Waals surface area (Å²) < 4.78 is 5.03. The summed E-state index contributed by atoms with van der Waals surface area (Å²) in [6.07, 6.45) is 1.45. The Bertz CT molecular complexity index is 654. The minimum Gasteiger partial charge on any atom is -0.506 e. The molecule has 2 aromatic heterocycles. The monoisotopic (exact) mass is 215 g/mol. The summed E-state index contributed by atoms with van der Waals surface area (Å²) in [5, 5.41) is 14.1. The zero-order valence-electron chi connectivity index (χ0n) is 8.27. The Balaban J connectivity index is 2.27. The zero-order valence-corrected chi connectivity index (χ0v) is 8.27. The van der Waals surface area contributed by atoms with E-state index in [1.807, 2.05) is 12.1 Å². The van der Waals surface area contributed by atoms with Crippen molar-refractivity contribution in [2.24, 2.45) is 0 Å². The number of benzene rings is 1. The quantitative estimate of drug-likeness (QED) is 0.580. The summed E-state index contributed by atoms with van der Waals surface area (Å²) in [4.78, 5) is 3.04. The van der Waals surface area contributed by atoms with Crippen molar-refractivity contribution in [3.05, 3.63) is 30.5 Å². The predicted octanol–water partition coefficient (Wildman–Crippen LogP) is 2.11. The van der Waals surface area contributed by atoms with E-state index < -0.39 is 0 Å². The molecule has 16 heavy (non-hydrogen) atoms. The van der Waals surface area contributed by atoms with Gasteiger partial charge in [-0.25, -0.2) is 0 Å². The highest BCUT2D eigenvalue weighted by Gasteiger charge is 2.12. The number of para-hydroxylation sites is 1. The molecule has 1 aromatic carbocycles. The lowest BCUT2D eigenvalue weighted by Crippen LogP contribution is -1.84. The lowest BCUT2D eigenvalue weighted by atomic mass is 10.2. The van der Waals surface area contributed by atoms with Gasteiger partial charge in [-0.05, 0) is 12.1 Å². The fourth-order valence-electron chi connectivity index (χ4n) is 1.71. The number of nitrogens with one attached hydrogen (secondary N) is 1. The van der Waals surface area contributed by atoms with Crippen molar-refractivity contribution in [1.29, 1.82) is 0 Å². The molecule has 0 aliphatic heterocycles. The van der Waals surface area contributed by atoms with Gasteiger partial charge in [0.2, 0.25) is 5.76 Å². The van der Waals surface area contributed by atoms with Crippen LogP contribution in [0.15, 0.2) is 35.0 Å². The standard InChI is InChI=1S/C11H9N3O2/c12-7-5-13-16-11(7)8-4-6-2-1-3-9(15)10(6)14-8/h1-5,14-15H,12H2. The van der Waals surface area contributed by atoms with Crippen LogP contribution < -0.4 is 5.73 Å². The molecule has 0 spiro atoms. The Hall–Kier alpha value is -2.43. The van der Waals surface area contributed by atoms with Crippen molar-refractivity contribution >= 4 is 16.6 Å². The molecular formula is C11H9N3O2. The fraction of sp³-hybridized carbons (Fsp3) is 0. The average molecular weight is 215 g/mol. The van der Waals surface area contributed by atoms with Gasteiger partial charge in [-0.1, -0.05) is 17.3 Å². The van der Waals surface area contributed by atoms with Crippen LogP contribution in [0.1, 0.15) is 0 Å². The molecule has 5 nitrogen and oxygen atoms in total. The average Bonchev–Trinajstić information content (AvgIpc) is 2.84. The summed E-state index contributed by atoms with van der Waals surface area (Å²) in [6.45, 7) is 0. The molecule has 3 rings (SSSR count). The smallest absolute Gasteiger partial charge is 0.205 e. The van der Waals surface area contributed by atoms with Gasteiger partial charge in [0.25, 0.3) is 0 Å². The summed E-state index contributed by atoms with van der Waals surface area (Å²) in [5.74, 6) is 0.678. The first-order valence-electron chi connectivity index (χ1n) is 4.77. The van der Waals surface area contributed by atoms with E-state index in [-0.39, 0.29) is 5.75 Å². The first kappa shape index (κ1) is 8.84. The van der Waals surface area contributed by atoms with Crippen LogP contribution in [0.25, 0.3) is 22.4 Å². The third-order valence-electron chi connectivity index (χ3n) is 2.48. The van der Waals surface area contributed by atoms with Crippen LogP contribution >= 0.6 is 0 Å². The van der Waals surface area contributed by atoms with Crippen molar-refractivity contribution in [2.75, 3.05) is 5.73 Å². The maximum Gasteiger partial charge on any atom is 0.205 e. The van der Waals surface area contributed by atoms with Gasteiger partial charge >= 0.3 is 0 Å². The van der Waals surface area contributed by atoms with E-state index in [0.29, 0.717) is 22.7 Å². The van der Waals surface area contributed by atoms with Crippen LogP contribution in [0.4, 0.5) is 5.69 Å². The van der Waals surface area contributed by atoms with Crippen LogP contribution in [0, 0.1) is 0 Å². The van der Waals surface area contributed by atoms with Gasteiger partial charge in [0, 0.05) is 5.39 Å².